The van der Waals surface area contributed by atoms with Crippen molar-refractivity contribution in [3.63, 3.8) is 0 Å². The molecule has 0 saturated heterocycles. The second-order valence-electron chi connectivity index (χ2n) is 6.06. The number of hydrogen-bond donors (Lipinski definition) is 1. The number of benzene rings is 1. The molecule has 0 saturated carbocycles. The van der Waals surface area contributed by atoms with Crippen molar-refractivity contribution >= 4 is 50.6 Å². The van der Waals surface area contributed by atoms with Gasteiger partial charge in [-0.25, -0.2) is 9.97 Å². The van der Waals surface area contributed by atoms with Crippen LogP contribution >= 0.6 is 23.1 Å². The first-order chi connectivity index (χ1) is 12.8. The quantitative estimate of drug-likeness (QED) is 0.289. The van der Waals surface area contributed by atoms with Gasteiger partial charge in [-0.2, -0.15) is 0 Å². The summed E-state index contributed by atoms with van der Waals surface area (Å²) < 4.78 is 0. The van der Waals surface area contributed by atoms with Gasteiger partial charge in [0.2, 0.25) is 5.91 Å². The molecule has 3 rings (SSSR count). The third-order valence-corrected chi connectivity index (χ3v) is 6.31. The summed E-state index contributed by atoms with van der Waals surface area (Å²) in [6.07, 6.45) is 0. The standard InChI is InChI=1S/C18H18N4O3S2/c1-9-10(2)26-17-15(9)18(20-12(4)19-17)27-11(3)16(23)21-13-7-5-6-8-14(13)22(24)25/h5-8,11H,1-4H3,(H,21,23)/t11-/m1/s1. The number of fused-ring (bicyclic) bond motifs is 1. The largest absolute Gasteiger partial charge is 0.319 e. The van der Waals surface area contributed by atoms with Crippen LogP contribution < -0.4 is 5.32 Å². The van der Waals surface area contributed by atoms with E-state index in [9.17, 15) is 14.9 Å². The van der Waals surface area contributed by atoms with Crippen molar-refractivity contribution in [2.75, 3.05) is 5.32 Å². The number of amides is 1. The van der Waals surface area contributed by atoms with Crippen LogP contribution in [-0.4, -0.2) is 26.0 Å². The van der Waals surface area contributed by atoms with Crippen molar-refractivity contribution in [2.24, 2.45) is 0 Å². The summed E-state index contributed by atoms with van der Waals surface area (Å²) in [5.74, 6) is 0.334. The van der Waals surface area contributed by atoms with Gasteiger partial charge in [0.1, 0.15) is 21.4 Å². The Balaban J connectivity index is 1.86. The van der Waals surface area contributed by atoms with E-state index in [1.807, 2.05) is 20.8 Å². The molecule has 3 aromatic rings. The molecule has 0 fully saturated rings. The third kappa shape index (κ3) is 3.93. The van der Waals surface area contributed by atoms with E-state index in [-0.39, 0.29) is 17.3 Å². The van der Waals surface area contributed by atoms with Crippen molar-refractivity contribution in [1.82, 2.24) is 9.97 Å². The molecular formula is C18H18N4O3S2. The first kappa shape index (κ1) is 19.2. The number of nitro groups is 1. The van der Waals surface area contributed by atoms with E-state index in [0.717, 1.165) is 20.8 Å². The smallest absolute Gasteiger partial charge is 0.292 e. The predicted molar refractivity (Wildman–Crippen MR) is 109 cm³/mol. The Hall–Kier alpha value is -2.52. The number of nitro benzene ring substituents is 1. The molecule has 27 heavy (non-hydrogen) atoms. The molecule has 0 aliphatic carbocycles. The number of thiophene rings is 1. The van der Waals surface area contributed by atoms with Crippen LogP contribution in [-0.2, 0) is 4.79 Å². The monoisotopic (exact) mass is 402 g/mol. The second-order valence-corrected chi connectivity index (χ2v) is 8.60. The highest BCUT2D eigenvalue weighted by Gasteiger charge is 2.22. The number of nitrogens with one attached hydrogen (secondary N) is 1. The summed E-state index contributed by atoms with van der Waals surface area (Å²) in [4.78, 5) is 34.3. The number of carbonyl (C=O) groups is 1. The Morgan fingerprint density at radius 2 is 1.96 bits per heavy atom. The summed E-state index contributed by atoms with van der Waals surface area (Å²) in [5, 5.41) is 15.0. The third-order valence-electron chi connectivity index (χ3n) is 4.12. The van der Waals surface area contributed by atoms with Gasteiger partial charge in [0, 0.05) is 16.3 Å². The van der Waals surface area contributed by atoms with Gasteiger partial charge in [-0.05, 0) is 39.3 Å². The summed E-state index contributed by atoms with van der Waals surface area (Å²) >= 11 is 2.94. The molecule has 9 heteroatoms. The van der Waals surface area contributed by atoms with Gasteiger partial charge < -0.3 is 5.32 Å². The van der Waals surface area contributed by atoms with E-state index in [2.05, 4.69) is 15.3 Å². The number of rotatable bonds is 5. The number of aromatic nitrogens is 2. The topological polar surface area (TPSA) is 98.0 Å². The van der Waals surface area contributed by atoms with Gasteiger partial charge in [0.25, 0.3) is 5.69 Å². The van der Waals surface area contributed by atoms with E-state index in [0.29, 0.717) is 5.82 Å². The lowest BCUT2D eigenvalue weighted by atomic mass is 10.2. The van der Waals surface area contributed by atoms with Gasteiger partial charge in [0.15, 0.2) is 0 Å². The molecule has 1 atom stereocenters. The summed E-state index contributed by atoms with van der Waals surface area (Å²) in [7, 11) is 0. The maximum atomic E-state index is 12.6. The van der Waals surface area contributed by atoms with Crippen LogP contribution in [0.3, 0.4) is 0 Å². The molecular weight excluding hydrogens is 384 g/mol. The van der Waals surface area contributed by atoms with Crippen molar-refractivity contribution in [3.8, 4) is 0 Å². The van der Waals surface area contributed by atoms with Crippen LogP contribution in [0.15, 0.2) is 29.3 Å². The number of nitrogens with zero attached hydrogens (tertiary/aromatic N) is 3. The van der Waals surface area contributed by atoms with Crippen LogP contribution in [0.25, 0.3) is 10.2 Å². The summed E-state index contributed by atoms with van der Waals surface area (Å²) in [6.45, 7) is 7.64. The summed E-state index contributed by atoms with van der Waals surface area (Å²) in [6, 6.07) is 6.10. The molecule has 0 aliphatic heterocycles. The minimum absolute atomic E-state index is 0.132. The van der Waals surface area contributed by atoms with Gasteiger partial charge >= 0.3 is 0 Å². The highest BCUT2D eigenvalue weighted by atomic mass is 32.2. The Kier molecular flexibility index (Phi) is 5.43. The Morgan fingerprint density at radius 1 is 1.26 bits per heavy atom. The normalized spacial score (nSPS) is 12.1. The van der Waals surface area contributed by atoms with Crippen molar-refractivity contribution in [1.29, 1.82) is 0 Å². The molecule has 1 N–H and O–H groups in total. The zero-order valence-electron chi connectivity index (χ0n) is 15.3. The van der Waals surface area contributed by atoms with Crippen LogP contribution in [0.1, 0.15) is 23.2 Å². The van der Waals surface area contributed by atoms with E-state index in [4.69, 9.17) is 0 Å². The summed E-state index contributed by atoms with van der Waals surface area (Å²) in [5.41, 5.74) is 1.17. The van der Waals surface area contributed by atoms with E-state index in [1.54, 1.807) is 30.4 Å². The molecule has 0 bridgehead atoms. The number of thioether (sulfide) groups is 1. The van der Waals surface area contributed by atoms with Crippen LogP contribution in [0.4, 0.5) is 11.4 Å². The second kappa shape index (κ2) is 7.61. The van der Waals surface area contributed by atoms with Gasteiger partial charge in [-0.15, -0.1) is 11.3 Å². The Morgan fingerprint density at radius 3 is 2.67 bits per heavy atom. The minimum Gasteiger partial charge on any atom is -0.319 e. The maximum Gasteiger partial charge on any atom is 0.292 e. The lowest BCUT2D eigenvalue weighted by Crippen LogP contribution is -2.23. The van der Waals surface area contributed by atoms with E-state index in [1.165, 1.54) is 28.8 Å². The van der Waals surface area contributed by atoms with Gasteiger partial charge in [0.05, 0.1) is 10.2 Å². The van der Waals surface area contributed by atoms with Crippen LogP contribution in [0.2, 0.25) is 0 Å². The molecule has 2 aromatic heterocycles. The number of hydrogen-bond acceptors (Lipinski definition) is 7. The van der Waals surface area contributed by atoms with Gasteiger partial charge in [-0.3, -0.25) is 14.9 Å². The number of aryl methyl sites for hydroxylation is 3. The molecule has 0 spiro atoms. The Labute approximate surface area is 164 Å². The van der Waals surface area contributed by atoms with Crippen molar-refractivity contribution in [2.45, 2.75) is 38.0 Å². The highest BCUT2D eigenvalue weighted by Crippen LogP contribution is 2.37. The highest BCUT2D eigenvalue weighted by molar-refractivity contribution is 8.00. The number of para-hydroxylation sites is 2. The van der Waals surface area contributed by atoms with Crippen molar-refractivity contribution < 1.29 is 9.72 Å². The zero-order valence-corrected chi connectivity index (χ0v) is 16.9. The van der Waals surface area contributed by atoms with E-state index < -0.39 is 10.2 Å². The minimum atomic E-state index is -0.512. The molecule has 7 nitrogen and oxygen atoms in total. The lowest BCUT2D eigenvalue weighted by molar-refractivity contribution is -0.383. The first-order valence-corrected chi connectivity index (χ1v) is 9.92. The van der Waals surface area contributed by atoms with E-state index >= 15 is 0 Å². The maximum absolute atomic E-state index is 12.6. The molecule has 0 unspecified atom stereocenters. The molecule has 2 heterocycles. The van der Waals surface area contributed by atoms with Crippen LogP contribution in [0.5, 0.6) is 0 Å². The fourth-order valence-corrected chi connectivity index (χ4v) is 4.79. The Bertz CT molecular complexity index is 1050. The number of carbonyl (C=O) groups excluding carboxylic acids is 1. The molecule has 0 radical (unpaired) electrons. The predicted octanol–water partition coefficient (Wildman–Crippen LogP) is 4.64. The fourth-order valence-electron chi connectivity index (χ4n) is 2.59. The molecule has 1 amide bonds. The average Bonchev–Trinajstić information content (AvgIpc) is 2.89. The fraction of sp³-hybridized carbons (Fsp3) is 0.278. The zero-order chi connectivity index (χ0) is 19.7. The lowest BCUT2D eigenvalue weighted by Gasteiger charge is -2.13. The number of anilines is 1. The SMILES string of the molecule is Cc1nc(S[C@H](C)C(=O)Nc2ccccc2[N+](=O)[O-])c2c(C)c(C)sc2n1. The van der Waals surface area contributed by atoms with Crippen LogP contribution in [0, 0.1) is 30.9 Å². The van der Waals surface area contributed by atoms with Gasteiger partial charge in [-0.1, -0.05) is 23.9 Å². The first-order valence-electron chi connectivity index (χ1n) is 8.23. The molecule has 1 aromatic carbocycles. The molecule has 0 aliphatic rings. The average molecular weight is 403 g/mol. The molecule has 140 valence electrons. The van der Waals surface area contributed by atoms with Crippen molar-refractivity contribution in [3.05, 3.63) is 50.6 Å².